The third-order valence-electron chi connectivity index (χ3n) is 5.08. The average molecular weight is 402 g/mol. The third-order valence-corrected chi connectivity index (χ3v) is 6.01. The molecule has 6 nitrogen and oxygen atoms in total. The van der Waals surface area contributed by atoms with Crippen LogP contribution in [0.1, 0.15) is 29.4 Å². The van der Waals surface area contributed by atoms with Crippen molar-refractivity contribution < 1.29 is 14.7 Å². The summed E-state index contributed by atoms with van der Waals surface area (Å²) in [5.74, 6) is -0.0991. The number of hydrogen-bond donors (Lipinski definition) is 3. The Labute approximate surface area is 169 Å². The molecule has 7 heteroatoms. The van der Waals surface area contributed by atoms with Crippen LogP contribution >= 0.6 is 11.3 Å². The van der Waals surface area contributed by atoms with E-state index in [1.807, 2.05) is 52.7 Å². The maximum atomic E-state index is 12.1. The normalized spacial score (nSPS) is 16.5. The first-order chi connectivity index (χ1) is 13.6. The Hall–Kier alpha value is -2.22. The van der Waals surface area contributed by atoms with Gasteiger partial charge in [0.05, 0.1) is 12.6 Å². The van der Waals surface area contributed by atoms with Gasteiger partial charge in [-0.15, -0.1) is 11.3 Å². The molecule has 1 aliphatic heterocycles. The van der Waals surface area contributed by atoms with E-state index < -0.39 is 12.1 Å². The molecule has 1 atom stereocenters. The van der Waals surface area contributed by atoms with Crippen LogP contribution < -0.4 is 10.6 Å². The maximum absolute atomic E-state index is 12.1. The predicted octanol–water partition coefficient (Wildman–Crippen LogP) is 2.56. The zero-order chi connectivity index (χ0) is 19.8. The second-order valence-corrected chi connectivity index (χ2v) is 8.13. The van der Waals surface area contributed by atoms with E-state index in [1.165, 1.54) is 4.88 Å². The lowest BCUT2D eigenvalue weighted by atomic mass is 9.87. The number of aliphatic hydroxyl groups is 1. The van der Waals surface area contributed by atoms with E-state index in [4.69, 9.17) is 0 Å². The monoisotopic (exact) mass is 401 g/mol. The molecule has 0 bridgehead atoms. The fourth-order valence-electron chi connectivity index (χ4n) is 3.52. The van der Waals surface area contributed by atoms with Crippen molar-refractivity contribution in [3.63, 3.8) is 0 Å². The van der Waals surface area contributed by atoms with E-state index in [-0.39, 0.29) is 18.4 Å². The summed E-state index contributed by atoms with van der Waals surface area (Å²) in [5.41, 5.74) is 0.943. The van der Waals surface area contributed by atoms with Gasteiger partial charge in [-0.05, 0) is 55.3 Å². The minimum atomic E-state index is -0.466. The highest BCUT2D eigenvalue weighted by atomic mass is 32.1. The zero-order valence-corrected chi connectivity index (χ0v) is 16.7. The molecule has 1 aromatic carbocycles. The number of likely N-dealkylation sites (tertiary alicyclic amines) is 1. The molecule has 3 N–H and O–H groups in total. The lowest BCUT2D eigenvalue weighted by Gasteiger charge is -2.33. The molecule has 1 unspecified atom stereocenters. The first-order valence-electron chi connectivity index (χ1n) is 9.67. The second-order valence-electron chi connectivity index (χ2n) is 7.10. The minimum Gasteiger partial charge on any atom is -0.388 e. The molecule has 1 fully saturated rings. The lowest BCUT2D eigenvalue weighted by Crippen LogP contribution is -2.46. The molecule has 0 spiro atoms. The number of carbonyl (C=O) groups excluding carboxylic acids is 2. The fourth-order valence-corrected chi connectivity index (χ4v) is 4.23. The number of carbonyl (C=O) groups is 2. The molecule has 3 rings (SSSR count). The zero-order valence-electron chi connectivity index (χ0n) is 15.8. The molecule has 1 aromatic heterocycles. The van der Waals surface area contributed by atoms with Crippen molar-refractivity contribution in [3.8, 4) is 0 Å². The Morgan fingerprint density at radius 1 is 1.14 bits per heavy atom. The van der Waals surface area contributed by atoms with Gasteiger partial charge in [-0.25, -0.2) is 4.79 Å². The smallest absolute Gasteiger partial charge is 0.321 e. The molecule has 1 aliphatic rings. The molecule has 0 saturated carbocycles. The van der Waals surface area contributed by atoms with Crippen molar-refractivity contribution in [1.82, 2.24) is 15.5 Å². The van der Waals surface area contributed by atoms with E-state index in [0.717, 1.165) is 37.9 Å². The van der Waals surface area contributed by atoms with Crippen LogP contribution in [-0.2, 0) is 11.2 Å². The van der Waals surface area contributed by atoms with Crippen LogP contribution in [0.4, 0.5) is 4.79 Å². The molecule has 0 aliphatic carbocycles. The van der Waals surface area contributed by atoms with Crippen molar-refractivity contribution in [2.24, 2.45) is 5.92 Å². The summed E-state index contributed by atoms with van der Waals surface area (Å²) < 4.78 is 0. The number of piperidine rings is 1. The number of nitrogens with zero attached hydrogens (tertiary/aromatic N) is 1. The topological polar surface area (TPSA) is 81.7 Å². The quantitative estimate of drug-likeness (QED) is 0.666. The highest BCUT2D eigenvalue weighted by Gasteiger charge is 2.27. The molecular formula is C21H27N3O3S. The van der Waals surface area contributed by atoms with Gasteiger partial charge < -0.3 is 10.4 Å². The summed E-state index contributed by atoms with van der Waals surface area (Å²) in [4.78, 5) is 27.2. The fraction of sp³-hybridized carbons (Fsp3) is 0.429. The van der Waals surface area contributed by atoms with Crippen molar-refractivity contribution in [3.05, 3.63) is 58.3 Å². The predicted molar refractivity (Wildman–Crippen MR) is 110 cm³/mol. The van der Waals surface area contributed by atoms with Crippen LogP contribution in [-0.4, -0.2) is 48.1 Å². The summed E-state index contributed by atoms with van der Waals surface area (Å²) in [7, 11) is 0. The van der Waals surface area contributed by atoms with E-state index in [9.17, 15) is 14.7 Å². The number of aliphatic hydroxyl groups excluding tert-OH is 1. The molecule has 3 amide bonds. The Kier molecular flexibility index (Phi) is 7.59. The first kappa shape index (κ1) is 20.5. The summed E-state index contributed by atoms with van der Waals surface area (Å²) >= 11 is 1.65. The van der Waals surface area contributed by atoms with Crippen LogP contribution in [0, 0.1) is 5.92 Å². The van der Waals surface area contributed by atoms with Crippen molar-refractivity contribution >= 4 is 23.3 Å². The Bertz CT molecular complexity index is 744. The number of urea groups is 1. The number of nitrogens with one attached hydrogen (secondary N) is 2. The maximum Gasteiger partial charge on any atom is 0.321 e. The largest absolute Gasteiger partial charge is 0.388 e. The van der Waals surface area contributed by atoms with Crippen LogP contribution in [0.15, 0.2) is 47.8 Å². The van der Waals surface area contributed by atoms with Crippen molar-refractivity contribution in [2.75, 3.05) is 26.2 Å². The van der Waals surface area contributed by atoms with Crippen LogP contribution in [0.25, 0.3) is 0 Å². The molecule has 0 radical (unpaired) electrons. The Morgan fingerprint density at radius 2 is 1.89 bits per heavy atom. The number of benzene rings is 1. The van der Waals surface area contributed by atoms with Gasteiger partial charge in [0, 0.05) is 11.4 Å². The van der Waals surface area contributed by atoms with Crippen LogP contribution in [0.2, 0.25) is 0 Å². The van der Waals surface area contributed by atoms with Gasteiger partial charge in [-0.3, -0.25) is 15.0 Å². The molecule has 1 saturated heterocycles. The van der Waals surface area contributed by atoms with E-state index in [0.29, 0.717) is 6.54 Å². The molecule has 2 aromatic rings. The highest BCUT2D eigenvalue weighted by Crippen LogP contribution is 2.30. The third kappa shape index (κ3) is 6.15. The Morgan fingerprint density at radius 3 is 2.57 bits per heavy atom. The summed E-state index contributed by atoms with van der Waals surface area (Å²) in [6.45, 7) is 2.18. The van der Waals surface area contributed by atoms with E-state index in [2.05, 4.69) is 10.6 Å². The van der Waals surface area contributed by atoms with Gasteiger partial charge in [-0.2, -0.15) is 0 Å². The number of hydrogen-bond acceptors (Lipinski definition) is 5. The van der Waals surface area contributed by atoms with Crippen molar-refractivity contribution in [2.45, 2.75) is 25.4 Å². The summed E-state index contributed by atoms with van der Waals surface area (Å²) in [6, 6.07) is 13.3. The minimum absolute atomic E-state index is 0.197. The molecule has 150 valence electrons. The van der Waals surface area contributed by atoms with Gasteiger partial charge in [-0.1, -0.05) is 36.4 Å². The number of amides is 3. The van der Waals surface area contributed by atoms with Gasteiger partial charge in [0.25, 0.3) is 0 Å². The van der Waals surface area contributed by atoms with Gasteiger partial charge in [0.15, 0.2) is 0 Å². The summed E-state index contributed by atoms with van der Waals surface area (Å²) in [6.07, 6.45) is 1.95. The van der Waals surface area contributed by atoms with Crippen LogP contribution in [0.5, 0.6) is 0 Å². The van der Waals surface area contributed by atoms with Gasteiger partial charge in [0.2, 0.25) is 5.91 Å². The SMILES string of the molecule is O=C(CN1CCC(C(O)c2ccccc2)CC1)NC(=O)NCCc1cccs1. The van der Waals surface area contributed by atoms with Crippen molar-refractivity contribution in [1.29, 1.82) is 0 Å². The first-order valence-corrected chi connectivity index (χ1v) is 10.5. The Balaban J connectivity index is 1.33. The highest BCUT2D eigenvalue weighted by molar-refractivity contribution is 7.09. The van der Waals surface area contributed by atoms with E-state index in [1.54, 1.807) is 11.3 Å². The van der Waals surface area contributed by atoms with E-state index >= 15 is 0 Å². The average Bonchev–Trinajstić information content (AvgIpc) is 3.22. The van der Waals surface area contributed by atoms with Gasteiger partial charge >= 0.3 is 6.03 Å². The van der Waals surface area contributed by atoms with Gasteiger partial charge in [0.1, 0.15) is 0 Å². The standard InChI is InChI=1S/C21H27N3O3S/c25-19(23-21(27)22-11-8-18-7-4-14-28-18)15-24-12-9-17(10-13-24)20(26)16-5-2-1-3-6-16/h1-7,14,17,20,26H,8-13,15H2,(H2,22,23,25,27). The molecular weight excluding hydrogens is 374 g/mol. The number of rotatable bonds is 7. The second kappa shape index (κ2) is 10.4. The number of imide groups is 1. The summed E-state index contributed by atoms with van der Waals surface area (Å²) in [5, 5.41) is 17.6. The van der Waals surface area contributed by atoms with Crippen LogP contribution in [0.3, 0.4) is 0 Å². The molecule has 2 heterocycles. The number of thiophene rings is 1. The molecule has 28 heavy (non-hydrogen) atoms. The lowest BCUT2D eigenvalue weighted by molar-refractivity contribution is -0.121.